The van der Waals surface area contributed by atoms with Crippen molar-refractivity contribution in [3.63, 3.8) is 0 Å². The Hall–Kier alpha value is 0.130. The monoisotopic (exact) mass is 210 g/mol. The third-order valence-corrected chi connectivity index (χ3v) is 3.42. The molecular weight excluding hydrogens is 196 g/mol. The first-order valence-electron chi connectivity index (χ1n) is 3.81. The molecule has 5 heteroatoms. The molecule has 0 heterocycles. The van der Waals surface area contributed by atoms with E-state index in [2.05, 4.69) is 6.92 Å². The summed E-state index contributed by atoms with van der Waals surface area (Å²) in [6.07, 6.45) is 0.103. The summed E-state index contributed by atoms with van der Waals surface area (Å²) in [5, 5.41) is 8.26. The Bertz CT molecular complexity index is 119. The normalized spacial score (nSPS) is 10.1. The van der Waals surface area contributed by atoms with Crippen LogP contribution in [0.25, 0.3) is 0 Å². The van der Waals surface area contributed by atoms with Gasteiger partial charge in [-0.2, -0.15) is 0 Å². The third kappa shape index (κ3) is 10.1. The summed E-state index contributed by atoms with van der Waals surface area (Å²) in [5.74, 6) is 1.23. The zero-order valence-electron chi connectivity index (χ0n) is 7.12. The summed E-state index contributed by atoms with van der Waals surface area (Å²) in [5.41, 5.74) is 0. The highest BCUT2D eigenvalue weighted by Gasteiger charge is 1.95. The topological polar surface area (TPSA) is 46.5 Å². The van der Waals surface area contributed by atoms with Crippen LogP contribution < -0.4 is 0 Å². The standard InChI is InChI=1S/C7H14O3S2/c1-2-11-12-6-5-10-4-3-7(8)9/h2-6H2,1H3,(H,8,9). The molecule has 0 saturated heterocycles. The van der Waals surface area contributed by atoms with Gasteiger partial charge in [0.15, 0.2) is 0 Å². The molecule has 0 bridgehead atoms. The Balaban J connectivity index is 2.86. The molecule has 0 amide bonds. The first-order chi connectivity index (χ1) is 5.77. The molecule has 0 aliphatic heterocycles. The van der Waals surface area contributed by atoms with Crippen molar-refractivity contribution in [1.82, 2.24) is 0 Å². The van der Waals surface area contributed by atoms with Gasteiger partial charge in [-0.3, -0.25) is 4.79 Å². The van der Waals surface area contributed by atoms with Crippen LogP contribution in [0.1, 0.15) is 13.3 Å². The molecule has 1 N–H and O–H groups in total. The van der Waals surface area contributed by atoms with E-state index in [0.717, 1.165) is 11.5 Å². The number of carboxylic acid groups (broad SMARTS) is 1. The quantitative estimate of drug-likeness (QED) is 0.489. The molecule has 0 radical (unpaired) electrons. The van der Waals surface area contributed by atoms with Gasteiger partial charge in [-0.05, 0) is 0 Å². The largest absolute Gasteiger partial charge is 0.481 e. The number of aliphatic carboxylic acids is 1. The Morgan fingerprint density at radius 1 is 1.42 bits per heavy atom. The molecule has 3 nitrogen and oxygen atoms in total. The van der Waals surface area contributed by atoms with Crippen molar-refractivity contribution >= 4 is 27.6 Å². The Kier molecular flexibility index (Phi) is 9.32. The van der Waals surface area contributed by atoms with Crippen LogP contribution in [-0.2, 0) is 9.53 Å². The van der Waals surface area contributed by atoms with Gasteiger partial charge in [0, 0.05) is 11.5 Å². The number of carbonyl (C=O) groups is 1. The predicted octanol–water partition coefficient (Wildman–Crippen LogP) is 1.88. The van der Waals surface area contributed by atoms with Crippen LogP contribution in [0.2, 0.25) is 0 Å². The van der Waals surface area contributed by atoms with Crippen molar-refractivity contribution in [2.45, 2.75) is 13.3 Å². The number of hydrogen-bond donors (Lipinski definition) is 1. The minimum atomic E-state index is -0.800. The highest BCUT2D eigenvalue weighted by atomic mass is 33.1. The van der Waals surface area contributed by atoms with E-state index in [1.807, 2.05) is 0 Å². The van der Waals surface area contributed by atoms with Gasteiger partial charge in [0.25, 0.3) is 0 Å². The van der Waals surface area contributed by atoms with Crippen molar-refractivity contribution in [2.24, 2.45) is 0 Å². The van der Waals surface area contributed by atoms with E-state index in [-0.39, 0.29) is 6.42 Å². The first-order valence-corrected chi connectivity index (χ1v) is 6.30. The van der Waals surface area contributed by atoms with Gasteiger partial charge in [-0.25, -0.2) is 0 Å². The van der Waals surface area contributed by atoms with Crippen LogP contribution in [-0.4, -0.2) is 35.8 Å². The van der Waals surface area contributed by atoms with E-state index in [1.165, 1.54) is 0 Å². The van der Waals surface area contributed by atoms with E-state index in [1.54, 1.807) is 21.6 Å². The molecule has 0 unspecified atom stereocenters. The fraction of sp³-hybridized carbons (Fsp3) is 0.857. The molecule has 0 spiro atoms. The Morgan fingerprint density at radius 3 is 2.75 bits per heavy atom. The summed E-state index contributed by atoms with van der Waals surface area (Å²) < 4.78 is 5.08. The second-order valence-corrected chi connectivity index (χ2v) is 4.86. The van der Waals surface area contributed by atoms with E-state index in [0.29, 0.717) is 13.2 Å². The predicted molar refractivity (Wildman–Crippen MR) is 53.7 cm³/mol. The lowest BCUT2D eigenvalue weighted by molar-refractivity contribution is -0.138. The van der Waals surface area contributed by atoms with Crippen LogP contribution in [0.15, 0.2) is 0 Å². The van der Waals surface area contributed by atoms with Crippen molar-refractivity contribution < 1.29 is 14.6 Å². The highest BCUT2D eigenvalue weighted by molar-refractivity contribution is 8.76. The van der Waals surface area contributed by atoms with Crippen molar-refractivity contribution in [3.8, 4) is 0 Å². The summed E-state index contributed by atoms with van der Waals surface area (Å²) in [7, 11) is 3.55. The summed E-state index contributed by atoms with van der Waals surface area (Å²) in [4.78, 5) is 10.0. The molecule has 0 fully saturated rings. The van der Waals surface area contributed by atoms with Gasteiger partial charge in [-0.1, -0.05) is 28.5 Å². The van der Waals surface area contributed by atoms with Crippen molar-refractivity contribution in [3.05, 3.63) is 0 Å². The van der Waals surface area contributed by atoms with Gasteiger partial charge in [0.1, 0.15) is 0 Å². The molecular formula is C7H14O3S2. The minimum Gasteiger partial charge on any atom is -0.481 e. The third-order valence-electron chi connectivity index (χ3n) is 0.972. The van der Waals surface area contributed by atoms with Gasteiger partial charge in [0.2, 0.25) is 0 Å². The molecule has 0 saturated carbocycles. The molecule has 0 aliphatic carbocycles. The van der Waals surface area contributed by atoms with Crippen LogP contribution in [0.4, 0.5) is 0 Å². The van der Waals surface area contributed by atoms with E-state index in [9.17, 15) is 4.79 Å². The maximum atomic E-state index is 10.0. The van der Waals surface area contributed by atoms with Crippen molar-refractivity contribution in [1.29, 1.82) is 0 Å². The summed E-state index contributed by atoms with van der Waals surface area (Å²) in [6, 6.07) is 0. The lowest BCUT2D eigenvalue weighted by Gasteiger charge is -2.00. The smallest absolute Gasteiger partial charge is 0.305 e. The molecule has 0 atom stereocenters. The molecule has 72 valence electrons. The minimum absolute atomic E-state index is 0.103. The molecule has 0 aliphatic rings. The summed E-state index contributed by atoms with van der Waals surface area (Å²) >= 11 is 0. The van der Waals surface area contributed by atoms with Gasteiger partial charge >= 0.3 is 5.97 Å². The van der Waals surface area contributed by atoms with E-state index >= 15 is 0 Å². The number of carboxylic acids is 1. The van der Waals surface area contributed by atoms with Crippen LogP contribution >= 0.6 is 21.6 Å². The van der Waals surface area contributed by atoms with Crippen LogP contribution in [0.3, 0.4) is 0 Å². The second kappa shape index (κ2) is 9.22. The fourth-order valence-electron chi connectivity index (χ4n) is 0.497. The second-order valence-electron chi connectivity index (χ2n) is 1.98. The zero-order valence-corrected chi connectivity index (χ0v) is 8.75. The number of rotatable bonds is 8. The van der Waals surface area contributed by atoms with Crippen LogP contribution in [0.5, 0.6) is 0 Å². The maximum absolute atomic E-state index is 10.0. The fourth-order valence-corrected chi connectivity index (χ4v) is 2.02. The zero-order chi connectivity index (χ0) is 9.23. The molecule has 0 aromatic carbocycles. The average Bonchev–Trinajstić information content (AvgIpc) is 2.02. The Labute approximate surface area is 80.6 Å². The van der Waals surface area contributed by atoms with Gasteiger partial charge < -0.3 is 9.84 Å². The van der Waals surface area contributed by atoms with Gasteiger partial charge in [0.05, 0.1) is 19.6 Å². The average molecular weight is 210 g/mol. The molecule has 0 aromatic rings. The van der Waals surface area contributed by atoms with Gasteiger partial charge in [-0.15, -0.1) is 0 Å². The first kappa shape index (κ1) is 12.1. The summed E-state index contributed by atoms with van der Waals surface area (Å²) in [6.45, 7) is 3.07. The molecule has 12 heavy (non-hydrogen) atoms. The molecule has 0 rings (SSSR count). The highest BCUT2D eigenvalue weighted by Crippen LogP contribution is 2.19. The molecule has 0 aromatic heterocycles. The maximum Gasteiger partial charge on any atom is 0.305 e. The van der Waals surface area contributed by atoms with E-state index < -0.39 is 5.97 Å². The lowest BCUT2D eigenvalue weighted by Crippen LogP contribution is -2.04. The lowest BCUT2D eigenvalue weighted by atomic mass is 10.5. The Morgan fingerprint density at radius 2 is 2.17 bits per heavy atom. The number of ether oxygens (including phenoxy) is 1. The number of hydrogen-bond acceptors (Lipinski definition) is 4. The van der Waals surface area contributed by atoms with Crippen LogP contribution in [0, 0.1) is 0 Å². The SMILES string of the molecule is CCSSCCOCCC(=O)O. The van der Waals surface area contributed by atoms with E-state index in [4.69, 9.17) is 9.84 Å². The van der Waals surface area contributed by atoms with Crippen molar-refractivity contribution in [2.75, 3.05) is 24.7 Å².